The summed E-state index contributed by atoms with van der Waals surface area (Å²) in [6, 6.07) is 12.7. The summed E-state index contributed by atoms with van der Waals surface area (Å²) in [7, 11) is 0. The first-order valence-electron chi connectivity index (χ1n) is 8.73. The zero-order chi connectivity index (χ0) is 20.3. The van der Waals surface area contributed by atoms with Crippen molar-refractivity contribution < 1.29 is 9.18 Å². The van der Waals surface area contributed by atoms with Gasteiger partial charge < -0.3 is 5.32 Å². The number of nitrogens with zero attached hydrogens (tertiary/aromatic N) is 1. The van der Waals surface area contributed by atoms with Gasteiger partial charge in [0.1, 0.15) is 0 Å². The molecule has 28 heavy (non-hydrogen) atoms. The van der Waals surface area contributed by atoms with Crippen LogP contribution in [-0.4, -0.2) is 10.9 Å². The van der Waals surface area contributed by atoms with E-state index in [0.29, 0.717) is 22.5 Å². The van der Waals surface area contributed by atoms with Gasteiger partial charge in [-0.25, -0.2) is 4.98 Å². The molecule has 144 valence electrons. The van der Waals surface area contributed by atoms with Gasteiger partial charge in [-0.1, -0.05) is 45.7 Å². The molecular weight excluding hydrogens is 443 g/mol. The summed E-state index contributed by atoms with van der Waals surface area (Å²) < 4.78 is 13.3. The van der Waals surface area contributed by atoms with Crippen LogP contribution in [0.25, 0.3) is 11.1 Å². The van der Waals surface area contributed by atoms with Crippen LogP contribution in [0, 0.1) is 19.8 Å². The van der Waals surface area contributed by atoms with Crippen LogP contribution < -0.4 is 5.32 Å². The molecule has 0 aliphatic rings. The third kappa shape index (κ3) is 4.78. The Labute approximate surface area is 177 Å². The molecule has 0 unspecified atom stereocenters. The number of benzene rings is 2. The van der Waals surface area contributed by atoms with Gasteiger partial charge in [-0.15, -0.1) is 0 Å². The Morgan fingerprint density at radius 2 is 1.89 bits per heavy atom. The standard InChI is InChI=1S/C22H19BrClFN2O/c1-13-6-21(25)26-12-19(13)17-7-16(10-23)8-18(9-17)22(28)27-11-15-3-4-20(24)14(2)5-15/h3-9,12H,10-11H2,1-2H3,(H,27,28). The van der Waals surface area contributed by atoms with Crippen molar-refractivity contribution in [2.75, 3.05) is 0 Å². The van der Waals surface area contributed by atoms with E-state index in [-0.39, 0.29) is 5.91 Å². The molecule has 1 aromatic heterocycles. The topological polar surface area (TPSA) is 42.0 Å². The number of hydrogen-bond donors (Lipinski definition) is 1. The van der Waals surface area contributed by atoms with E-state index >= 15 is 0 Å². The van der Waals surface area contributed by atoms with E-state index in [1.54, 1.807) is 6.07 Å². The minimum atomic E-state index is -0.519. The van der Waals surface area contributed by atoms with Crippen molar-refractivity contribution in [2.24, 2.45) is 0 Å². The van der Waals surface area contributed by atoms with Gasteiger partial charge in [0.2, 0.25) is 5.95 Å². The highest BCUT2D eigenvalue weighted by Crippen LogP contribution is 2.26. The van der Waals surface area contributed by atoms with Gasteiger partial charge >= 0.3 is 0 Å². The SMILES string of the molecule is Cc1cc(CNC(=O)c2cc(CBr)cc(-c3cnc(F)cc3C)c2)ccc1Cl. The zero-order valence-electron chi connectivity index (χ0n) is 15.5. The van der Waals surface area contributed by atoms with Crippen molar-refractivity contribution in [3.8, 4) is 11.1 Å². The normalized spacial score (nSPS) is 10.8. The van der Waals surface area contributed by atoms with Crippen LogP contribution in [0.2, 0.25) is 5.02 Å². The maximum absolute atomic E-state index is 13.3. The maximum atomic E-state index is 13.3. The number of nitrogens with one attached hydrogen (secondary N) is 1. The summed E-state index contributed by atoms with van der Waals surface area (Å²) in [5, 5.41) is 4.25. The van der Waals surface area contributed by atoms with Crippen LogP contribution in [-0.2, 0) is 11.9 Å². The summed E-state index contributed by atoms with van der Waals surface area (Å²) in [5.41, 5.74) is 5.83. The number of aryl methyl sites for hydroxylation is 2. The number of rotatable bonds is 5. The Bertz CT molecular complexity index is 1040. The van der Waals surface area contributed by atoms with Crippen LogP contribution in [0.15, 0.2) is 48.7 Å². The molecular formula is C22H19BrClFN2O. The fourth-order valence-corrected chi connectivity index (χ4v) is 3.42. The van der Waals surface area contributed by atoms with Crippen molar-refractivity contribution in [1.29, 1.82) is 0 Å². The van der Waals surface area contributed by atoms with Crippen molar-refractivity contribution in [2.45, 2.75) is 25.7 Å². The Hall–Kier alpha value is -2.24. The van der Waals surface area contributed by atoms with E-state index in [1.165, 1.54) is 12.3 Å². The van der Waals surface area contributed by atoms with Crippen molar-refractivity contribution in [3.05, 3.63) is 87.4 Å². The monoisotopic (exact) mass is 460 g/mol. The van der Waals surface area contributed by atoms with Gasteiger partial charge in [0.25, 0.3) is 5.91 Å². The van der Waals surface area contributed by atoms with E-state index in [2.05, 4.69) is 26.2 Å². The first-order valence-corrected chi connectivity index (χ1v) is 10.2. The summed E-state index contributed by atoms with van der Waals surface area (Å²) in [6.07, 6.45) is 1.50. The molecule has 1 heterocycles. The molecule has 1 amide bonds. The molecule has 3 rings (SSSR count). The second kappa shape index (κ2) is 8.84. The number of hydrogen-bond acceptors (Lipinski definition) is 2. The van der Waals surface area contributed by atoms with Crippen LogP contribution in [0.5, 0.6) is 0 Å². The predicted octanol–water partition coefficient (Wildman–Crippen LogP) is 5.98. The van der Waals surface area contributed by atoms with E-state index in [0.717, 1.165) is 33.4 Å². The molecule has 2 aromatic carbocycles. The van der Waals surface area contributed by atoms with Crippen molar-refractivity contribution in [1.82, 2.24) is 10.3 Å². The molecule has 3 nitrogen and oxygen atoms in total. The smallest absolute Gasteiger partial charge is 0.251 e. The summed E-state index contributed by atoms with van der Waals surface area (Å²) >= 11 is 9.50. The average molecular weight is 462 g/mol. The summed E-state index contributed by atoms with van der Waals surface area (Å²) in [4.78, 5) is 16.5. The maximum Gasteiger partial charge on any atom is 0.251 e. The fraction of sp³-hybridized carbons (Fsp3) is 0.182. The lowest BCUT2D eigenvalue weighted by molar-refractivity contribution is 0.0951. The Kier molecular flexibility index (Phi) is 6.47. The minimum Gasteiger partial charge on any atom is -0.348 e. The molecule has 6 heteroatoms. The van der Waals surface area contributed by atoms with Gasteiger partial charge in [-0.3, -0.25) is 4.79 Å². The predicted molar refractivity (Wildman–Crippen MR) is 114 cm³/mol. The highest BCUT2D eigenvalue weighted by molar-refractivity contribution is 9.08. The number of carbonyl (C=O) groups excluding carboxylic acids is 1. The molecule has 0 saturated carbocycles. The van der Waals surface area contributed by atoms with Gasteiger partial charge in [-0.2, -0.15) is 4.39 Å². The number of amides is 1. The van der Waals surface area contributed by atoms with Crippen LogP contribution >= 0.6 is 27.5 Å². The average Bonchev–Trinajstić information content (AvgIpc) is 2.68. The van der Waals surface area contributed by atoms with Gasteiger partial charge in [0.15, 0.2) is 0 Å². The number of halogens is 3. The highest BCUT2D eigenvalue weighted by atomic mass is 79.9. The molecule has 0 aliphatic heterocycles. The molecule has 0 saturated heterocycles. The van der Waals surface area contributed by atoms with Crippen molar-refractivity contribution in [3.63, 3.8) is 0 Å². The van der Waals surface area contributed by atoms with Crippen LogP contribution in [0.3, 0.4) is 0 Å². The van der Waals surface area contributed by atoms with E-state index in [4.69, 9.17) is 11.6 Å². The first kappa shape index (κ1) is 20.5. The number of alkyl halides is 1. The molecule has 1 N–H and O–H groups in total. The lowest BCUT2D eigenvalue weighted by Gasteiger charge is -2.12. The number of carbonyl (C=O) groups is 1. The lowest BCUT2D eigenvalue weighted by Crippen LogP contribution is -2.23. The third-order valence-corrected chi connectivity index (χ3v) is 5.54. The Morgan fingerprint density at radius 1 is 1.11 bits per heavy atom. The van der Waals surface area contributed by atoms with E-state index < -0.39 is 5.95 Å². The fourth-order valence-electron chi connectivity index (χ4n) is 2.98. The van der Waals surface area contributed by atoms with E-state index in [1.807, 2.05) is 44.2 Å². The second-order valence-electron chi connectivity index (χ2n) is 6.64. The van der Waals surface area contributed by atoms with Gasteiger partial charge in [0.05, 0.1) is 0 Å². The van der Waals surface area contributed by atoms with Gasteiger partial charge in [0, 0.05) is 34.2 Å². The number of aromatic nitrogens is 1. The van der Waals surface area contributed by atoms with Gasteiger partial charge in [-0.05, 0) is 65.9 Å². The molecule has 0 atom stereocenters. The molecule has 0 radical (unpaired) electrons. The second-order valence-corrected chi connectivity index (χ2v) is 7.61. The number of pyridine rings is 1. The van der Waals surface area contributed by atoms with Crippen molar-refractivity contribution >= 4 is 33.4 Å². The first-order chi connectivity index (χ1) is 13.4. The largest absolute Gasteiger partial charge is 0.348 e. The third-order valence-electron chi connectivity index (χ3n) is 4.47. The Morgan fingerprint density at radius 3 is 2.57 bits per heavy atom. The van der Waals surface area contributed by atoms with Crippen LogP contribution in [0.1, 0.15) is 32.6 Å². The minimum absolute atomic E-state index is 0.177. The Balaban J connectivity index is 1.86. The van der Waals surface area contributed by atoms with E-state index in [9.17, 15) is 9.18 Å². The molecule has 0 bridgehead atoms. The molecule has 0 aliphatic carbocycles. The highest BCUT2D eigenvalue weighted by Gasteiger charge is 2.12. The lowest BCUT2D eigenvalue weighted by atomic mass is 9.98. The zero-order valence-corrected chi connectivity index (χ0v) is 17.9. The quantitative estimate of drug-likeness (QED) is 0.375. The molecule has 3 aromatic rings. The summed E-state index contributed by atoms with van der Waals surface area (Å²) in [5.74, 6) is -0.696. The molecule has 0 spiro atoms. The summed E-state index contributed by atoms with van der Waals surface area (Å²) in [6.45, 7) is 4.16. The molecule has 0 fully saturated rings. The van der Waals surface area contributed by atoms with Crippen LogP contribution in [0.4, 0.5) is 4.39 Å².